The van der Waals surface area contributed by atoms with Crippen LogP contribution >= 0.6 is 0 Å². The van der Waals surface area contributed by atoms with Crippen LogP contribution in [0.5, 0.6) is 0 Å². The number of nitrogens with one attached hydrogen (secondary N) is 2. The van der Waals surface area contributed by atoms with Gasteiger partial charge in [-0.2, -0.15) is 0 Å². The fourth-order valence-electron chi connectivity index (χ4n) is 4.79. The van der Waals surface area contributed by atoms with Gasteiger partial charge < -0.3 is 15.5 Å². The van der Waals surface area contributed by atoms with E-state index in [1.165, 1.54) is 6.07 Å². The lowest BCUT2D eigenvalue weighted by molar-refractivity contribution is -0.119. The summed E-state index contributed by atoms with van der Waals surface area (Å²) in [4.78, 5) is 38.5. The quantitative estimate of drug-likeness (QED) is 0.679. The summed E-state index contributed by atoms with van der Waals surface area (Å²) in [5.74, 6) is 0.338. The molecular formula is C25H30FN5O3. The maximum Gasteiger partial charge on any atom is 0.270 e. The Morgan fingerprint density at radius 2 is 1.88 bits per heavy atom. The van der Waals surface area contributed by atoms with Crippen molar-refractivity contribution in [1.82, 2.24) is 20.6 Å². The molecule has 180 valence electrons. The molecular weight excluding hydrogens is 437 g/mol. The molecule has 9 heteroatoms. The monoisotopic (exact) mass is 467 g/mol. The number of benzene rings is 1. The minimum Gasteiger partial charge on any atom is -0.395 e. The molecule has 1 aromatic carbocycles. The van der Waals surface area contributed by atoms with Crippen molar-refractivity contribution >= 4 is 17.5 Å². The molecule has 34 heavy (non-hydrogen) atoms. The topological polar surface area (TPSA) is 106 Å². The molecule has 4 rings (SSSR count). The minimum absolute atomic E-state index is 0.00623. The van der Waals surface area contributed by atoms with Crippen LogP contribution in [0.3, 0.4) is 0 Å². The summed E-state index contributed by atoms with van der Waals surface area (Å²) in [6.45, 7) is 5.73. The highest BCUT2D eigenvalue weighted by Crippen LogP contribution is 2.34. The molecule has 2 aliphatic rings. The average molecular weight is 468 g/mol. The van der Waals surface area contributed by atoms with E-state index in [9.17, 15) is 14.0 Å². The Bertz CT molecular complexity index is 1110. The Kier molecular flexibility index (Phi) is 7.19. The molecule has 1 aliphatic heterocycles. The molecule has 1 saturated carbocycles. The number of aryl methyl sites for hydroxylation is 2. The first-order valence-electron chi connectivity index (χ1n) is 11.7. The van der Waals surface area contributed by atoms with E-state index < -0.39 is 0 Å². The first kappa shape index (κ1) is 23.8. The van der Waals surface area contributed by atoms with Crippen LogP contribution in [-0.4, -0.2) is 40.1 Å². The molecule has 0 bridgehead atoms. The molecule has 2 N–H and O–H groups in total. The van der Waals surface area contributed by atoms with E-state index in [1.807, 2.05) is 0 Å². The van der Waals surface area contributed by atoms with Gasteiger partial charge in [-0.25, -0.2) is 14.4 Å². The smallest absolute Gasteiger partial charge is 0.270 e. The minimum atomic E-state index is -0.333. The predicted octanol–water partition coefficient (Wildman–Crippen LogP) is 3.21. The zero-order chi connectivity index (χ0) is 24.2. The van der Waals surface area contributed by atoms with E-state index >= 15 is 0 Å². The third-order valence-corrected chi connectivity index (χ3v) is 6.52. The number of carbonyl (C=O) groups excluding carboxylic acids is 2. The van der Waals surface area contributed by atoms with E-state index in [4.69, 9.17) is 4.84 Å². The molecule has 1 aliphatic carbocycles. The van der Waals surface area contributed by atoms with Gasteiger partial charge in [-0.15, -0.1) is 0 Å². The maximum atomic E-state index is 13.5. The molecule has 2 amide bonds. The first-order chi connectivity index (χ1) is 16.3. The Hall–Kier alpha value is -3.36. The van der Waals surface area contributed by atoms with Gasteiger partial charge in [0.2, 0.25) is 5.91 Å². The number of halogens is 1. The van der Waals surface area contributed by atoms with Gasteiger partial charge in [-0.1, -0.05) is 17.3 Å². The highest BCUT2D eigenvalue weighted by Gasteiger charge is 2.36. The van der Waals surface area contributed by atoms with Crippen LogP contribution in [-0.2, 0) is 16.2 Å². The number of amides is 2. The largest absolute Gasteiger partial charge is 0.395 e. The van der Waals surface area contributed by atoms with Gasteiger partial charge >= 0.3 is 0 Å². The molecule has 0 saturated heterocycles. The van der Waals surface area contributed by atoms with E-state index in [-0.39, 0.29) is 41.8 Å². The zero-order valence-corrected chi connectivity index (χ0v) is 19.7. The van der Waals surface area contributed by atoms with Gasteiger partial charge in [-0.3, -0.25) is 9.59 Å². The Morgan fingerprint density at radius 3 is 2.59 bits per heavy atom. The van der Waals surface area contributed by atoms with Crippen LogP contribution in [0.4, 0.5) is 4.39 Å². The van der Waals surface area contributed by atoms with Crippen molar-refractivity contribution in [2.75, 3.05) is 6.61 Å². The normalized spacial score (nSPS) is 22.0. The zero-order valence-electron chi connectivity index (χ0n) is 19.7. The molecule has 1 aromatic heterocycles. The third-order valence-electron chi connectivity index (χ3n) is 6.52. The van der Waals surface area contributed by atoms with E-state index in [2.05, 4.69) is 25.8 Å². The van der Waals surface area contributed by atoms with Crippen LogP contribution in [0.1, 0.15) is 65.7 Å². The summed E-state index contributed by atoms with van der Waals surface area (Å²) in [5, 5.41) is 10.1. The summed E-state index contributed by atoms with van der Waals surface area (Å²) in [6, 6.07) is 6.63. The lowest BCUT2D eigenvalue weighted by atomic mass is 9.76. The standard InChI is InChI=1S/C25H30FN5O3/c1-14-10-17(4-9-21(14)26)12-27-25(33)23-11-22(28-15(2)29-23)24-20(13-34-31-24)18-5-7-19(8-6-18)30-16(3)32/h4,9-11,18-20H,5-8,12-13H2,1-3H3,(H,27,33)(H,30,32). The fourth-order valence-corrected chi connectivity index (χ4v) is 4.79. The highest BCUT2D eigenvalue weighted by molar-refractivity contribution is 6.03. The lowest BCUT2D eigenvalue weighted by Gasteiger charge is -2.31. The van der Waals surface area contributed by atoms with Gasteiger partial charge in [0.15, 0.2) is 0 Å². The SMILES string of the molecule is CC(=O)NC1CCC(C2CON=C2c2cc(C(=O)NCc3ccc(F)c(C)c3)nc(C)n2)CC1. The summed E-state index contributed by atoms with van der Waals surface area (Å²) in [7, 11) is 0. The summed E-state index contributed by atoms with van der Waals surface area (Å²) in [6.07, 6.45) is 3.78. The second-order valence-electron chi connectivity index (χ2n) is 9.14. The molecule has 0 spiro atoms. The van der Waals surface area contributed by atoms with Gasteiger partial charge in [0.1, 0.15) is 29.7 Å². The third kappa shape index (κ3) is 5.58. The second kappa shape index (κ2) is 10.3. The van der Waals surface area contributed by atoms with Gasteiger partial charge in [0, 0.05) is 25.4 Å². The van der Waals surface area contributed by atoms with E-state index in [0.717, 1.165) is 37.0 Å². The van der Waals surface area contributed by atoms with Crippen molar-refractivity contribution in [2.24, 2.45) is 17.0 Å². The molecule has 1 atom stereocenters. The van der Waals surface area contributed by atoms with Crippen molar-refractivity contribution in [3.05, 3.63) is 58.4 Å². The molecule has 2 heterocycles. The van der Waals surface area contributed by atoms with Crippen molar-refractivity contribution < 1.29 is 18.8 Å². The highest BCUT2D eigenvalue weighted by atomic mass is 19.1. The number of hydrogen-bond acceptors (Lipinski definition) is 6. The Morgan fingerprint density at radius 1 is 1.12 bits per heavy atom. The summed E-state index contributed by atoms with van der Waals surface area (Å²) >= 11 is 0. The molecule has 8 nitrogen and oxygen atoms in total. The van der Waals surface area contributed by atoms with Crippen molar-refractivity contribution in [3.63, 3.8) is 0 Å². The van der Waals surface area contributed by atoms with Crippen molar-refractivity contribution in [1.29, 1.82) is 0 Å². The van der Waals surface area contributed by atoms with Gasteiger partial charge in [0.05, 0.1) is 5.69 Å². The fraction of sp³-hybridized carbons (Fsp3) is 0.480. The molecule has 0 radical (unpaired) electrons. The number of nitrogens with zero attached hydrogens (tertiary/aromatic N) is 3. The van der Waals surface area contributed by atoms with Crippen LogP contribution < -0.4 is 10.6 Å². The van der Waals surface area contributed by atoms with Crippen LogP contribution in [0.2, 0.25) is 0 Å². The van der Waals surface area contributed by atoms with Gasteiger partial charge in [0.25, 0.3) is 5.91 Å². The van der Waals surface area contributed by atoms with Crippen LogP contribution in [0.15, 0.2) is 29.4 Å². The Balaban J connectivity index is 1.44. The van der Waals surface area contributed by atoms with Crippen LogP contribution in [0, 0.1) is 31.5 Å². The lowest BCUT2D eigenvalue weighted by Crippen LogP contribution is -2.38. The van der Waals surface area contributed by atoms with Gasteiger partial charge in [-0.05, 0) is 68.7 Å². The predicted molar refractivity (Wildman–Crippen MR) is 125 cm³/mol. The first-order valence-corrected chi connectivity index (χ1v) is 11.7. The summed E-state index contributed by atoms with van der Waals surface area (Å²) in [5.41, 5.74) is 2.94. The number of rotatable bonds is 6. The number of hydrogen-bond donors (Lipinski definition) is 2. The maximum absolute atomic E-state index is 13.5. The van der Waals surface area contributed by atoms with E-state index in [1.54, 1.807) is 39.0 Å². The number of oxime groups is 1. The van der Waals surface area contributed by atoms with E-state index in [0.29, 0.717) is 29.6 Å². The molecule has 1 unspecified atom stereocenters. The summed E-state index contributed by atoms with van der Waals surface area (Å²) < 4.78 is 13.5. The van der Waals surface area contributed by atoms with Crippen LogP contribution in [0.25, 0.3) is 0 Å². The number of aromatic nitrogens is 2. The molecule has 2 aromatic rings. The number of carbonyl (C=O) groups is 2. The second-order valence-corrected chi connectivity index (χ2v) is 9.14. The Labute approximate surface area is 198 Å². The van der Waals surface area contributed by atoms with Crippen molar-refractivity contribution in [2.45, 2.75) is 59.0 Å². The molecule has 1 fully saturated rings. The van der Waals surface area contributed by atoms with Crippen molar-refractivity contribution in [3.8, 4) is 0 Å². The average Bonchev–Trinajstić information content (AvgIpc) is 3.29.